The second-order valence-electron chi connectivity index (χ2n) is 7.07. The van der Waals surface area contributed by atoms with Gasteiger partial charge in [-0.15, -0.1) is 0 Å². The second kappa shape index (κ2) is 11.8. The van der Waals surface area contributed by atoms with Crippen LogP contribution >= 0.6 is 0 Å². The summed E-state index contributed by atoms with van der Waals surface area (Å²) in [5.41, 5.74) is 9.39. The van der Waals surface area contributed by atoms with Crippen LogP contribution in [0.5, 0.6) is 11.5 Å². The molecule has 0 saturated heterocycles. The molecule has 0 radical (unpaired) electrons. The third-order valence-corrected chi connectivity index (χ3v) is 4.48. The van der Waals surface area contributed by atoms with Crippen LogP contribution in [0.3, 0.4) is 0 Å². The molecule has 2 aromatic carbocycles. The Bertz CT molecular complexity index is 863. The molecule has 3 rings (SSSR count). The van der Waals surface area contributed by atoms with Gasteiger partial charge in [-0.1, -0.05) is 18.2 Å². The molecule has 0 fully saturated rings. The van der Waals surface area contributed by atoms with Crippen molar-refractivity contribution in [2.75, 3.05) is 19.8 Å². The summed E-state index contributed by atoms with van der Waals surface area (Å²) < 4.78 is 11.3. The first-order valence-electron chi connectivity index (χ1n) is 10.1. The molecule has 2 aromatic rings. The van der Waals surface area contributed by atoms with Gasteiger partial charge in [0.1, 0.15) is 11.5 Å². The highest BCUT2D eigenvalue weighted by atomic mass is 16.5. The molecule has 0 spiro atoms. The molecule has 0 aliphatic carbocycles. The first kappa shape index (κ1) is 23.2. The molecule has 0 unspecified atom stereocenters. The number of nitrogens with two attached hydrogens (primary N) is 1. The molecular weight excluding hydrogens is 384 g/mol. The SMILES string of the molecule is CC(=O)O.Cc1ccc(C(=O)NCc2ccc3c(c2)CCCO3)cc1OCCCN. The third kappa shape index (κ3) is 7.40. The number of nitrogens with one attached hydrogen (secondary N) is 1. The van der Waals surface area contributed by atoms with Gasteiger partial charge in [0, 0.05) is 19.0 Å². The summed E-state index contributed by atoms with van der Waals surface area (Å²) in [6, 6.07) is 11.6. The molecule has 162 valence electrons. The third-order valence-electron chi connectivity index (χ3n) is 4.48. The number of carboxylic acids is 1. The number of hydrogen-bond acceptors (Lipinski definition) is 5. The summed E-state index contributed by atoms with van der Waals surface area (Å²) in [5, 5.41) is 10.4. The molecule has 0 aromatic heterocycles. The molecule has 0 atom stereocenters. The van der Waals surface area contributed by atoms with Crippen molar-refractivity contribution >= 4 is 11.9 Å². The number of carboxylic acid groups (broad SMARTS) is 1. The van der Waals surface area contributed by atoms with E-state index in [4.69, 9.17) is 25.1 Å². The zero-order valence-electron chi connectivity index (χ0n) is 17.6. The van der Waals surface area contributed by atoms with E-state index in [-0.39, 0.29) is 5.91 Å². The maximum Gasteiger partial charge on any atom is 0.300 e. The van der Waals surface area contributed by atoms with Crippen LogP contribution < -0.4 is 20.5 Å². The summed E-state index contributed by atoms with van der Waals surface area (Å²) in [6.45, 7) is 5.47. The van der Waals surface area contributed by atoms with Gasteiger partial charge in [-0.2, -0.15) is 0 Å². The molecular formula is C23H30N2O5. The Balaban J connectivity index is 0.000000735. The summed E-state index contributed by atoms with van der Waals surface area (Å²) in [7, 11) is 0. The van der Waals surface area contributed by atoms with Gasteiger partial charge in [-0.3, -0.25) is 9.59 Å². The topological polar surface area (TPSA) is 111 Å². The number of aryl methyl sites for hydroxylation is 2. The second-order valence-corrected chi connectivity index (χ2v) is 7.07. The van der Waals surface area contributed by atoms with E-state index in [1.807, 2.05) is 31.2 Å². The van der Waals surface area contributed by atoms with Crippen molar-refractivity contribution in [1.82, 2.24) is 5.32 Å². The molecule has 30 heavy (non-hydrogen) atoms. The van der Waals surface area contributed by atoms with Gasteiger partial charge in [0.25, 0.3) is 11.9 Å². The van der Waals surface area contributed by atoms with Crippen molar-refractivity contribution in [3.63, 3.8) is 0 Å². The molecule has 1 amide bonds. The Morgan fingerprint density at radius 1 is 1.23 bits per heavy atom. The normalized spacial score (nSPS) is 12.0. The summed E-state index contributed by atoms with van der Waals surface area (Å²) in [6.07, 6.45) is 2.86. The first-order chi connectivity index (χ1) is 14.4. The van der Waals surface area contributed by atoms with Gasteiger partial charge in [-0.05, 0) is 67.6 Å². The van der Waals surface area contributed by atoms with Crippen LogP contribution in [0.2, 0.25) is 0 Å². The molecule has 1 aliphatic heterocycles. The van der Waals surface area contributed by atoms with Crippen LogP contribution in [-0.4, -0.2) is 36.7 Å². The number of carbonyl (C=O) groups is 2. The number of benzene rings is 2. The van der Waals surface area contributed by atoms with Crippen LogP contribution in [0.1, 0.15) is 46.8 Å². The number of rotatable bonds is 7. The number of ether oxygens (including phenoxy) is 2. The van der Waals surface area contributed by atoms with Crippen LogP contribution in [0.25, 0.3) is 0 Å². The Labute approximate surface area is 177 Å². The Kier molecular flexibility index (Phi) is 9.15. The van der Waals surface area contributed by atoms with Crippen molar-refractivity contribution < 1.29 is 24.2 Å². The zero-order chi connectivity index (χ0) is 21.9. The lowest BCUT2D eigenvalue weighted by Crippen LogP contribution is -2.23. The molecule has 0 bridgehead atoms. The van der Waals surface area contributed by atoms with E-state index in [0.717, 1.165) is 55.4 Å². The maximum absolute atomic E-state index is 12.5. The highest BCUT2D eigenvalue weighted by Crippen LogP contribution is 2.25. The Morgan fingerprint density at radius 2 is 2.00 bits per heavy atom. The lowest BCUT2D eigenvalue weighted by molar-refractivity contribution is -0.134. The van der Waals surface area contributed by atoms with E-state index in [1.54, 1.807) is 6.07 Å². The molecule has 1 aliphatic rings. The van der Waals surface area contributed by atoms with Crippen molar-refractivity contribution in [1.29, 1.82) is 0 Å². The van der Waals surface area contributed by atoms with Crippen LogP contribution in [-0.2, 0) is 17.8 Å². The monoisotopic (exact) mass is 414 g/mol. The van der Waals surface area contributed by atoms with Gasteiger partial charge in [-0.25, -0.2) is 0 Å². The largest absolute Gasteiger partial charge is 0.493 e. The van der Waals surface area contributed by atoms with Crippen LogP contribution in [0.4, 0.5) is 0 Å². The highest BCUT2D eigenvalue weighted by Gasteiger charge is 2.12. The van der Waals surface area contributed by atoms with Gasteiger partial charge in [0.2, 0.25) is 0 Å². The number of amides is 1. The van der Waals surface area contributed by atoms with Crippen LogP contribution in [0.15, 0.2) is 36.4 Å². The fourth-order valence-corrected chi connectivity index (χ4v) is 2.97. The van der Waals surface area contributed by atoms with E-state index in [0.29, 0.717) is 25.3 Å². The zero-order valence-corrected chi connectivity index (χ0v) is 17.6. The quantitative estimate of drug-likeness (QED) is 0.601. The average molecular weight is 415 g/mol. The number of fused-ring (bicyclic) bond motifs is 1. The minimum atomic E-state index is -0.833. The Morgan fingerprint density at radius 3 is 2.73 bits per heavy atom. The first-order valence-corrected chi connectivity index (χ1v) is 10.1. The fourth-order valence-electron chi connectivity index (χ4n) is 2.97. The minimum Gasteiger partial charge on any atom is -0.493 e. The Hall–Kier alpha value is -3.06. The van der Waals surface area contributed by atoms with Crippen molar-refractivity contribution in [3.05, 3.63) is 58.7 Å². The summed E-state index contributed by atoms with van der Waals surface area (Å²) in [4.78, 5) is 21.5. The van der Waals surface area contributed by atoms with Gasteiger partial charge >= 0.3 is 0 Å². The summed E-state index contributed by atoms with van der Waals surface area (Å²) in [5.74, 6) is 0.754. The van der Waals surface area contributed by atoms with E-state index in [9.17, 15) is 4.79 Å². The number of hydrogen-bond donors (Lipinski definition) is 3. The minimum absolute atomic E-state index is 0.109. The lowest BCUT2D eigenvalue weighted by atomic mass is 10.0. The summed E-state index contributed by atoms with van der Waals surface area (Å²) >= 11 is 0. The maximum atomic E-state index is 12.5. The molecule has 0 saturated carbocycles. The van der Waals surface area contributed by atoms with E-state index >= 15 is 0 Å². The smallest absolute Gasteiger partial charge is 0.300 e. The van der Waals surface area contributed by atoms with Gasteiger partial charge in [0.15, 0.2) is 0 Å². The average Bonchev–Trinajstić information content (AvgIpc) is 2.73. The standard InChI is InChI=1S/C21H26N2O3.C2H4O2/c1-15-5-7-18(13-20(15)26-11-3-9-22)21(24)23-14-16-6-8-19-17(12-16)4-2-10-25-19;1-2(3)4/h5-8,12-13H,2-4,9-11,14,22H2,1H3,(H,23,24);1H3,(H,3,4). The number of carbonyl (C=O) groups excluding carboxylic acids is 1. The number of aliphatic carboxylic acids is 1. The molecule has 7 nitrogen and oxygen atoms in total. The predicted molar refractivity (Wildman–Crippen MR) is 115 cm³/mol. The van der Waals surface area contributed by atoms with E-state index < -0.39 is 5.97 Å². The van der Waals surface area contributed by atoms with Crippen molar-refractivity contribution in [3.8, 4) is 11.5 Å². The molecule has 1 heterocycles. The van der Waals surface area contributed by atoms with Gasteiger partial charge < -0.3 is 25.6 Å². The van der Waals surface area contributed by atoms with Crippen molar-refractivity contribution in [2.24, 2.45) is 5.73 Å². The highest BCUT2D eigenvalue weighted by molar-refractivity contribution is 5.94. The van der Waals surface area contributed by atoms with Crippen molar-refractivity contribution in [2.45, 2.75) is 39.7 Å². The molecule has 7 heteroatoms. The molecule has 4 N–H and O–H groups in total. The van der Waals surface area contributed by atoms with Crippen LogP contribution in [0, 0.1) is 6.92 Å². The fraction of sp³-hybridized carbons (Fsp3) is 0.391. The van der Waals surface area contributed by atoms with E-state index in [1.165, 1.54) is 5.56 Å². The lowest BCUT2D eigenvalue weighted by Gasteiger charge is -2.18. The predicted octanol–water partition coefficient (Wildman–Crippen LogP) is 3.07. The van der Waals surface area contributed by atoms with Gasteiger partial charge in [0.05, 0.1) is 13.2 Å². The van der Waals surface area contributed by atoms with E-state index in [2.05, 4.69) is 11.4 Å².